The molecule has 1 aromatic carbocycles. The van der Waals surface area contributed by atoms with Crippen molar-refractivity contribution in [2.75, 3.05) is 18.0 Å². The Balaban J connectivity index is 1.17. The van der Waals surface area contributed by atoms with Crippen LogP contribution in [0.5, 0.6) is 0 Å². The van der Waals surface area contributed by atoms with Gasteiger partial charge >= 0.3 is 6.55 Å². The highest BCUT2D eigenvalue weighted by Crippen LogP contribution is 2.48. The molecule has 8 nitrogen and oxygen atoms in total. The van der Waals surface area contributed by atoms with Gasteiger partial charge in [0, 0.05) is 49.8 Å². The molecule has 2 unspecified atom stereocenters. The highest BCUT2D eigenvalue weighted by Gasteiger charge is 2.58. The first-order chi connectivity index (χ1) is 17.3. The number of nitrogens with zero attached hydrogens (tertiary/aromatic N) is 6. The molecule has 188 valence electrons. The Labute approximate surface area is 203 Å². The van der Waals surface area contributed by atoms with E-state index in [9.17, 15) is 22.4 Å². The Morgan fingerprint density at radius 2 is 1.78 bits per heavy atom. The van der Waals surface area contributed by atoms with Gasteiger partial charge in [0.05, 0.1) is 17.9 Å². The summed E-state index contributed by atoms with van der Waals surface area (Å²) in [6.45, 7) is -1.77. The van der Waals surface area contributed by atoms with E-state index >= 15 is 0 Å². The highest BCUT2D eigenvalue weighted by molar-refractivity contribution is 5.88. The largest absolute Gasteiger partial charge is 0.356 e. The zero-order valence-electron chi connectivity index (χ0n) is 19.0. The number of ether oxygens (including phenoxy) is 1. The lowest BCUT2D eigenvalue weighted by Gasteiger charge is -2.38. The van der Waals surface area contributed by atoms with Crippen LogP contribution < -0.4 is 4.90 Å². The number of aromatic nitrogens is 4. The number of fused-ring (bicyclic) bond motifs is 1. The summed E-state index contributed by atoms with van der Waals surface area (Å²) in [5.74, 6) is -0.884. The SMILES string of the molecule is O=C1N2C(CCC2c2cc(F)cc(F)c2)OC12CCN(c1cc(-c3cnn(C(F)F)c3)ncn1)CC2. The quantitative estimate of drug-likeness (QED) is 0.501. The number of carbonyl (C=O) groups is 1. The van der Waals surface area contributed by atoms with Crippen LogP contribution in [0.4, 0.5) is 23.4 Å². The van der Waals surface area contributed by atoms with Crippen molar-refractivity contribution in [1.82, 2.24) is 24.6 Å². The van der Waals surface area contributed by atoms with Crippen LogP contribution in [-0.2, 0) is 9.53 Å². The molecule has 5 heterocycles. The van der Waals surface area contributed by atoms with Gasteiger partial charge in [-0.25, -0.2) is 23.4 Å². The topological polar surface area (TPSA) is 76.4 Å². The molecule has 0 aliphatic carbocycles. The van der Waals surface area contributed by atoms with Crippen LogP contribution in [0.2, 0.25) is 0 Å². The van der Waals surface area contributed by atoms with Crippen LogP contribution in [0, 0.1) is 11.6 Å². The maximum Gasteiger partial charge on any atom is 0.333 e. The van der Waals surface area contributed by atoms with Crippen molar-refractivity contribution in [2.45, 2.75) is 50.1 Å². The third-order valence-corrected chi connectivity index (χ3v) is 7.23. The highest BCUT2D eigenvalue weighted by atomic mass is 19.3. The van der Waals surface area contributed by atoms with E-state index in [4.69, 9.17) is 4.74 Å². The first kappa shape index (κ1) is 22.9. The second-order valence-corrected chi connectivity index (χ2v) is 9.31. The first-order valence-electron chi connectivity index (χ1n) is 11.7. The molecule has 0 bridgehead atoms. The van der Waals surface area contributed by atoms with E-state index in [1.165, 1.54) is 30.9 Å². The smallest absolute Gasteiger partial charge is 0.333 e. The molecule has 3 aromatic rings. The summed E-state index contributed by atoms with van der Waals surface area (Å²) < 4.78 is 60.2. The zero-order valence-corrected chi connectivity index (χ0v) is 19.0. The van der Waals surface area contributed by atoms with Gasteiger partial charge in [-0.2, -0.15) is 13.9 Å². The van der Waals surface area contributed by atoms with Gasteiger partial charge in [0.2, 0.25) is 0 Å². The number of hydrogen-bond donors (Lipinski definition) is 0. The number of piperidine rings is 1. The summed E-state index contributed by atoms with van der Waals surface area (Å²) in [5.41, 5.74) is 0.360. The van der Waals surface area contributed by atoms with Crippen molar-refractivity contribution in [3.05, 3.63) is 60.2 Å². The second-order valence-electron chi connectivity index (χ2n) is 9.31. The molecule has 0 radical (unpaired) electrons. The van der Waals surface area contributed by atoms with Crippen molar-refractivity contribution in [1.29, 1.82) is 0 Å². The van der Waals surface area contributed by atoms with E-state index in [-0.39, 0.29) is 5.91 Å². The fourth-order valence-electron chi connectivity index (χ4n) is 5.49. The van der Waals surface area contributed by atoms with Crippen LogP contribution in [-0.4, -0.2) is 55.5 Å². The van der Waals surface area contributed by atoms with Crippen LogP contribution in [0.3, 0.4) is 0 Å². The molecular formula is C24H22F4N6O2. The van der Waals surface area contributed by atoms with Gasteiger partial charge < -0.3 is 14.5 Å². The number of anilines is 1. The first-order valence-corrected chi connectivity index (χ1v) is 11.7. The number of amides is 1. The molecule has 0 N–H and O–H groups in total. The van der Waals surface area contributed by atoms with Crippen molar-refractivity contribution < 1.29 is 27.1 Å². The molecule has 12 heteroatoms. The number of alkyl halides is 2. The average molecular weight is 502 g/mol. The van der Waals surface area contributed by atoms with Crippen molar-refractivity contribution >= 4 is 11.7 Å². The van der Waals surface area contributed by atoms with Gasteiger partial charge in [-0.1, -0.05) is 0 Å². The number of benzene rings is 1. The number of rotatable bonds is 4. The molecular weight excluding hydrogens is 480 g/mol. The standard InChI is InChI=1S/C24H22F4N6O2/c25-16-7-14(8-17(26)9-16)19-1-2-21-34(19)22(35)24(36-21)3-5-32(6-4-24)20-10-18(29-13-30-20)15-11-31-33(12-15)23(27)28/h7-13,19,21,23H,1-6H2. The monoisotopic (exact) mass is 502 g/mol. The summed E-state index contributed by atoms with van der Waals surface area (Å²) in [6, 6.07) is 4.64. The molecule has 6 rings (SSSR count). The summed E-state index contributed by atoms with van der Waals surface area (Å²) in [5, 5.41) is 3.65. The van der Waals surface area contributed by atoms with Crippen molar-refractivity contribution in [2.24, 2.45) is 0 Å². The molecule has 1 amide bonds. The summed E-state index contributed by atoms with van der Waals surface area (Å²) in [4.78, 5) is 25.7. The number of carbonyl (C=O) groups excluding carboxylic acids is 1. The predicted octanol–water partition coefficient (Wildman–Crippen LogP) is 4.07. The van der Waals surface area contributed by atoms with Crippen LogP contribution in [0.15, 0.2) is 43.0 Å². The molecule has 2 aromatic heterocycles. The molecule has 36 heavy (non-hydrogen) atoms. The summed E-state index contributed by atoms with van der Waals surface area (Å²) in [6.07, 6.45) is 5.51. The molecule has 3 aliphatic heterocycles. The average Bonchev–Trinajstić information content (AvgIpc) is 3.56. The van der Waals surface area contributed by atoms with E-state index in [1.807, 2.05) is 4.90 Å². The normalized spacial score (nSPS) is 23.2. The number of halogens is 4. The second kappa shape index (κ2) is 8.54. The lowest BCUT2D eigenvalue weighted by Crippen LogP contribution is -2.50. The Kier molecular flexibility index (Phi) is 5.43. The third-order valence-electron chi connectivity index (χ3n) is 7.23. The van der Waals surface area contributed by atoms with E-state index < -0.39 is 36.1 Å². The fraction of sp³-hybridized carbons (Fsp3) is 0.417. The predicted molar refractivity (Wildman–Crippen MR) is 119 cm³/mol. The maximum atomic E-state index is 13.8. The minimum atomic E-state index is -2.74. The minimum Gasteiger partial charge on any atom is -0.356 e. The van der Waals surface area contributed by atoms with E-state index in [1.54, 1.807) is 11.0 Å². The van der Waals surface area contributed by atoms with E-state index in [0.717, 1.165) is 6.07 Å². The van der Waals surface area contributed by atoms with Gasteiger partial charge in [0.15, 0.2) is 5.60 Å². The molecule has 2 atom stereocenters. The Bertz CT molecular complexity index is 1290. The Hall–Kier alpha value is -3.54. The molecule has 3 saturated heterocycles. The molecule has 3 aliphatic rings. The summed E-state index contributed by atoms with van der Waals surface area (Å²) in [7, 11) is 0. The Morgan fingerprint density at radius 1 is 1.03 bits per heavy atom. The minimum absolute atomic E-state index is 0.151. The third kappa shape index (κ3) is 3.80. The van der Waals surface area contributed by atoms with Gasteiger partial charge in [-0.3, -0.25) is 4.79 Å². The van der Waals surface area contributed by atoms with Crippen molar-refractivity contribution in [3.63, 3.8) is 0 Å². The maximum absolute atomic E-state index is 13.8. The van der Waals surface area contributed by atoms with Gasteiger partial charge in [0.1, 0.15) is 30.0 Å². The van der Waals surface area contributed by atoms with Crippen LogP contribution in [0.1, 0.15) is 43.8 Å². The molecule has 3 fully saturated rings. The van der Waals surface area contributed by atoms with Crippen LogP contribution in [0.25, 0.3) is 11.3 Å². The summed E-state index contributed by atoms with van der Waals surface area (Å²) >= 11 is 0. The lowest BCUT2D eigenvalue weighted by molar-refractivity contribution is -0.140. The Morgan fingerprint density at radius 3 is 2.47 bits per heavy atom. The number of hydrogen-bond acceptors (Lipinski definition) is 6. The zero-order chi connectivity index (χ0) is 25.0. The van der Waals surface area contributed by atoms with Crippen molar-refractivity contribution in [3.8, 4) is 11.3 Å². The van der Waals surface area contributed by atoms with Gasteiger partial charge in [-0.05, 0) is 30.5 Å². The van der Waals surface area contributed by atoms with Gasteiger partial charge in [0.25, 0.3) is 5.91 Å². The van der Waals surface area contributed by atoms with E-state index in [2.05, 4.69) is 15.1 Å². The van der Waals surface area contributed by atoms with Gasteiger partial charge in [-0.15, -0.1) is 0 Å². The lowest BCUT2D eigenvalue weighted by atomic mass is 9.89. The molecule has 1 spiro atoms. The molecule has 0 saturated carbocycles. The fourth-order valence-corrected chi connectivity index (χ4v) is 5.49. The van der Waals surface area contributed by atoms with E-state index in [0.29, 0.717) is 66.1 Å². The van der Waals surface area contributed by atoms with Crippen LogP contribution >= 0.6 is 0 Å².